The number of carboxylic acids is 1. The van der Waals surface area contributed by atoms with Gasteiger partial charge >= 0.3 is 5.97 Å². The van der Waals surface area contributed by atoms with Crippen LogP contribution in [-0.2, 0) is 23.8 Å². The van der Waals surface area contributed by atoms with E-state index in [4.69, 9.17) is 14.2 Å². The van der Waals surface area contributed by atoms with Crippen LogP contribution < -0.4 is 16.0 Å². The Morgan fingerprint density at radius 1 is 1.10 bits per heavy atom. The molecule has 0 radical (unpaired) electrons. The van der Waals surface area contributed by atoms with Crippen molar-refractivity contribution in [1.82, 2.24) is 10.6 Å². The fourth-order valence-corrected chi connectivity index (χ4v) is 4.31. The van der Waals surface area contributed by atoms with Crippen molar-refractivity contribution in [2.24, 2.45) is 0 Å². The molecule has 0 spiro atoms. The number of amides is 2. The first kappa shape index (κ1) is 32.3. The summed E-state index contributed by atoms with van der Waals surface area (Å²) in [7, 11) is 1.27. The molecule has 15 nitrogen and oxygen atoms in total. The molecule has 2 rings (SSSR count). The molecular weight excluding hydrogens is 522 g/mol. The largest absolute Gasteiger partial charge is 0.478 e. The van der Waals surface area contributed by atoms with E-state index in [2.05, 4.69) is 16.0 Å². The second-order valence-corrected chi connectivity index (χ2v) is 9.02. The lowest BCUT2D eigenvalue weighted by Crippen LogP contribution is -2.67. The second-order valence-electron chi connectivity index (χ2n) is 9.02. The Kier molecular flexibility index (Phi) is 12.5. The molecule has 1 saturated heterocycles. The monoisotopic (exact) mass is 559 g/mol. The quantitative estimate of drug-likeness (QED) is 0.111. The van der Waals surface area contributed by atoms with Gasteiger partial charge in [0.05, 0.1) is 24.8 Å². The van der Waals surface area contributed by atoms with E-state index in [1.807, 2.05) is 0 Å². The number of para-hydroxylation sites is 1. The molecule has 1 aromatic rings. The number of carboxylic acid groups (broad SMARTS) is 1. The second kappa shape index (κ2) is 15.0. The van der Waals surface area contributed by atoms with E-state index in [9.17, 15) is 45.0 Å². The molecule has 2 amide bonds. The molecule has 15 heteroatoms. The average Bonchev–Trinajstić information content (AvgIpc) is 2.89. The molecule has 0 saturated carbocycles. The predicted octanol–water partition coefficient (Wildman–Crippen LogP) is -3.00. The van der Waals surface area contributed by atoms with Crippen LogP contribution in [0, 0.1) is 0 Å². The minimum atomic E-state index is -1.74. The van der Waals surface area contributed by atoms with Crippen LogP contribution in [0.1, 0.15) is 24.2 Å². The van der Waals surface area contributed by atoms with E-state index in [1.54, 1.807) is 6.07 Å². The first-order valence-corrected chi connectivity index (χ1v) is 12.1. The maximum absolute atomic E-state index is 11.9. The predicted molar refractivity (Wildman–Crippen MR) is 134 cm³/mol. The third-order valence-corrected chi connectivity index (χ3v) is 6.16. The molecule has 9 N–H and O–H groups in total. The van der Waals surface area contributed by atoms with Crippen molar-refractivity contribution in [2.75, 3.05) is 32.2 Å². The molecule has 9 atom stereocenters. The number of anilines is 1. The lowest BCUT2D eigenvalue weighted by atomic mass is 9.95. The molecule has 39 heavy (non-hydrogen) atoms. The summed E-state index contributed by atoms with van der Waals surface area (Å²) < 4.78 is 16.7. The van der Waals surface area contributed by atoms with Crippen LogP contribution in [0.15, 0.2) is 24.3 Å². The van der Waals surface area contributed by atoms with Gasteiger partial charge in [-0.2, -0.15) is 0 Å². The van der Waals surface area contributed by atoms with E-state index in [0.717, 1.165) is 0 Å². The number of aromatic carboxylic acids is 1. The van der Waals surface area contributed by atoms with Crippen LogP contribution in [0.4, 0.5) is 5.69 Å². The van der Waals surface area contributed by atoms with Gasteiger partial charge in [-0.05, 0) is 12.1 Å². The number of aliphatic hydroxyl groups excluding tert-OH is 5. The minimum Gasteiger partial charge on any atom is -0.478 e. The lowest BCUT2D eigenvalue weighted by molar-refractivity contribution is -0.302. The Morgan fingerprint density at radius 3 is 2.31 bits per heavy atom. The molecule has 0 aliphatic carbocycles. The summed E-state index contributed by atoms with van der Waals surface area (Å²) in [5.74, 6) is -2.37. The van der Waals surface area contributed by atoms with E-state index in [1.165, 1.54) is 39.2 Å². The molecule has 1 aliphatic heterocycles. The summed E-state index contributed by atoms with van der Waals surface area (Å²) >= 11 is 0. The Morgan fingerprint density at radius 2 is 1.77 bits per heavy atom. The zero-order valence-electron chi connectivity index (χ0n) is 21.8. The lowest BCUT2D eigenvalue weighted by Gasteiger charge is -2.45. The first-order valence-electron chi connectivity index (χ1n) is 12.1. The summed E-state index contributed by atoms with van der Waals surface area (Å²) in [6.45, 7) is 0.601. The molecule has 220 valence electrons. The minimum absolute atomic E-state index is 0.0674. The van der Waals surface area contributed by atoms with Crippen LogP contribution in [0.25, 0.3) is 0 Å². The van der Waals surface area contributed by atoms with Gasteiger partial charge in [0, 0.05) is 33.2 Å². The number of carbonyl (C=O) groups excluding carboxylic acids is 2. The van der Waals surface area contributed by atoms with Crippen molar-refractivity contribution in [3.8, 4) is 0 Å². The number of nitrogens with one attached hydrogen (secondary N) is 3. The number of hydrogen-bond acceptors (Lipinski definition) is 12. The Balaban J connectivity index is 2.35. The molecule has 1 aliphatic rings. The number of carbonyl (C=O) groups is 3. The average molecular weight is 560 g/mol. The van der Waals surface area contributed by atoms with Gasteiger partial charge in [0.1, 0.15) is 42.7 Å². The topological polar surface area (TPSA) is 236 Å². The summed E-state index contributed by atoms with van der Waals surface area (Å²) in [6, 6.07) is 3.45. The van der Waals surface area contributed by atoms with Crippen molar-refractivity contribution in [3.05, 3.63) is 29.8 Å². The number of ether oxygens (including phenoxy) is 3. The number of rotatable bonds is 14. The number of hydrogen-bond donors (Lipinski definition) is 9. The van der Waals surface area contributed by atoms with Crippen molar-refractivity contribution in [1.29, 1.82) is 0 Å². The van der Waals surface area contributed by atoms with Crippen molar-refractivity contribution >= 4 is 23.5 Å². The Bertz CT molecular complexity index is 966. The van der Waals surface area contributed by atoms with Crippen LogP contribution in [0.5, 0.6) is 0 Å². The van der Waals surface area contributed by atoms with E-state index >= 15 is 0 Å². The summed E-state index contributed by atoms with van der Waals surface area (Å²) in [4.78, 5) is 35.3. The SMILES string of the molecule is CO[C@@H]1C(CO)O[C@@H](O[C@H](C(O)CO)[C@H](O)C(CNc2ccccc2C(=O)O)NC(C)=O)C(NC(C)=O)[C@H]1O. The highest BCUT2D eigenvalue weighted by Gasteiger charge is 2.48. The van der Waals surface area contributed by atoms with Gasteiger partial charge in [0.15, 0.2) is 6.29 Å². The van der Waals surface area contributed by atoms with Crippen LogP contribution in [-0.4, -0.2) is 130 Å². The summed E-state index contributed by atoms with van der Waals surface area (Å²) in [5, 5.41) is 69.1. The third kappa shape index (κ3) is 8.55. The van der Waals surface area contributed by atoms with Gasteiger partial charge in [0.2, 0.25) is 11.8 Å². The number of aliphatic hydroxyl groups is 5. The van der Waals surface area contributed by atoms with Crippen molar-refractivity contribution < 1.29 is 59.2 Å². The van der Waals surface area contributed by atoms with E-state index in [0.29, 0.717) is 0 Å². The summed E-state index contributed by atoms with van der Waals surface area (Å²) in [6.07, 6.45) is -10.3. The van der Waals surface area contributed by atoms with Crippen LogP contribution >= 0.6 is 0 Å². The van der Waals surface area contributed by atoms with E-state index < -0.39 is 86.0 Å². The van der Waals surface area contributed by atoms with Crippen LogP contribution in [0.2, 0.25) is 0 Å². The normalized spacial score (nSPS) is 26.1. The zero-order chi connectivity index (χ0) is 29.3. The third-order valence-electron chi connectivity index (χ3n) is 6.16. The molecule has 1 aromatic carbocycles. The fraction of sp³-hybridized carbons (Fsp3) is 0.625. The van der Waals surface area contributed by atoms with Gasteiger partial charge in [0.25, 0.3) is 0 Å². The fourth-order valence-electron chi connectivity index (χ4n) is 4.31. The number of methoxy groups -OCH3 is 1. The Labute approximate surface area is 224 Å². The molecule has 0 aromatic heterocycles. The Hall–Kier alpha value is -2.89. The van der Waals surface area contributed by atoms with Crippen LogP contribution in [0.3, 0.4) is 0 Å². The molecular formula is C24H37N3O12. The molecule has 1 fully saturated rings. The highest BCUT2D eigenvalue weighted by Crippen LogP contribution is 2.27. The maximum Gasteiger partial charge on any atom is 0.337 e. The van der Waals surface area contributed by atoms with Gasteiger partial charge in [-0.25, -0.2) is 4.79 Å². The highest BCUT2D eigenvalue weighted by atomic mass is 16.7. The summed E-state index contributed by atoms with van der Waals surface area (Å²) in [5.41, 5.74) is 0.121. The first-order chi connectivity index (χ1) is 18.4. The smallest absolute Gasteiger partial charge is 0.337 e. The number of benzene rings is 1. The molecule has 0 bridgehead atoms. The standard InChI is InChI=1S/C24H37N3O12/c1-11(30)26-15(8-25-14-7-5-4-6-13(14)23(35)36)19(33)21(16(32)9-28)39-24-18(27-12(2)31)20(34)22(37-3)17(10-29)38-24/h4-7,15-22,24-25,28-29,32-34H,8-10H2,1-3H3,(H,26,30)(H,27,31)(H,35,36)/t15?,16?,17?,18?,19-,20-,21-,22-,24+/m1/s1. The van der Waals surface area contributed by atoms with Crippen molar-refractivity contribution in [2.45, 2.75) is 68.8 Å². The highest BCUT2D eigenvalue weighted by molar-refractivity contribution is 5.94. The van der Waals surface area contributed by atoms with E-state index in [-0.39, 0.29) is 17.8 Å². The molecule has 1 heterocycles. The van der Waals surface area contributed by atoms with Gasteiger partial charge in [-0.3, -0.25) is 9.59 Å². The molecule has 4 unspecified atom stereocenters. The van der Waals surface area contributed by atoms with Gasteiger partial charge in [-0.1, -0.05) is 12.1 Å². The zero-order valence-corrected chi connectivity index (χ0v) is 21.8. The van der Waals surface area contributed by atoms with Gasteiger partial charge in [-0.15, -0.1) is 0 Å². The van der Waals surface area contributed by atoms with Gasteiger partial charge < -0.3 is 60.8 Å². The maximum atomic E-state index is 11.9. The van der Waals surface area contributed by atoms with Crippen molar-refractivity contribution in [3.63, 3.8) is 0 Å².